The maximum absolute atomic E-state index is 13.4. The van der Waals surface area contributed by atoms with Gasteiger partial charge in [-0.25, -0.2) is 9.18 Å². The summed E-state index contributed by atoms with van der Waals surface area (Å²) in [5, 5.41) is 5.08. The van der Waals surface area contributed by atoms with Crippen molar-refractivity contribution >= 4 is 11.0 Å². The van der Waals surface area contributed by atoms with E-state index in [9.17, 15) is 22.4 Å². The molecule has 1 atom stereocenters. The fourth-order valence-electron chi connectivity index (χ4n) is 5.36. The monoisotopic (exact) mass is 508 g/mol. The zero-order valence-electron chi connectivity index (χ0n) is 19.8. The van der Waals surface area contributed by atoms with Crippen LogP contribution in [0, 0.1) is 5.82 Å². The quantitative estimate of drug-likeness (QED) is 0.311. The first-order valence-electron chi connectivity index (χ1n) is 12.4. The van der Waals surface area contributed by atoms with Gasteiger partial charge in [-0.1, -0.05) is 5.16 Å². The Kier molecular flexibility index (Phi) is 7.16. The molecular formula is C26H28F4N2O4. The molecule has 1 aliphatic carbocycles. The van der Waals surface area contributed by atoms with Gasteiger partial charge in [0.05, 0.1) is 17.4 Å². The SMILES string of the molecule is O=c1cc(C(F)(F)F)c2c(o1)C[C@H](OCCCCN1CCC(c3noc4cc(F)ccc34)CC1)CC2. The van der Waals surface area contributed by atoms with Gasteiger partial charge in [-0.2, -0.15) is 13.2 Å². The summed E-state index contributed by atoms with van der Waals surface area (Å²) in [6, 6.07) is 5.07. The van der Waals surface area contributed by atoms with E-state index in [1.165, 1.54) is 12.1 Å². The summed E-state index contributed by atoms with van der Waals surface area (Å²) in [5.74, 6) is 0.0573. The topological polar surface area (TPSA) is 68.7 Å². The van der Waals surface area contributed by atoms with Crippen LogP contribution in [-0.4, -0.2) is 42.4 Å². The molecule has 0 unspecified atom stereocenters. The lowest BCUT2D eigenvalue weighted by Gasteiger charge is -2.31. The Labute approximate surface area is 205 Å². The molecule has 1 saturated heterocycles. The van der Waals surface area contributed by atoms with Crippen molar-refractivity contribution in [2.45, 2.75) is 63.1 Å². The fourth-order valence-corrected chi connectivity index (χ4v) is 5.36. The number of alkyl halides is 3. The third-order valence-electron chi connectivity index (χ3n) is 7.24. The lowest BCUT2D eigenvalue weighted by molar-refractivity contribution is -0.139. The fraction of sp³-hybridized carbons (Fsp3) is 0.538. The highest BCUT2D eigenvalue weighted by molar-refractivity contribution is 5.79. The smallest absolute Gasteiger partial charge is 0.417 e. The van der Waals surface area contributed by atoms with Crippen LogP contribution in [-0.2, 0) is 23.8 Å². The van der Waals surface area contributed by atoms with E-state index < -0.39 is 17.4 Å². The number of halogens is 4. The Hall–Kier alpha value is -2.72. The summed E-state index contributed by atoms with van der Waals surface area (Å²) in [4.78, 5) is 14.0. The van der Waals surface area contributed by atoms with Crippen molar-refractivity contribution in [2.75, 3.05) is 26.2 Å². The summed E-state index contributed by atoms with van der Waals surface area (Å²) < 4.78 is 69.3. The molecule has 1 aromatic carbocycles. The predicted molar refractivity (Wildman–Crippen MR) is 123 cm³/mol. The van der Waals surface area contributed by atoms with E-state index in [0.717, 1.165) is 56.4 Å². The number of unbranched alkanes of at least 4 members (excludes halogenated alkanes) is 1. The summed E-state index contributed by atoms with van der Waals surface area (Å²) in [6.07, 6.45) is -0.252. The van der Waals surface area contributed by atoms with E-state index in [1.54, 1.807) is 6.07 Å². The minimum Gasteiger partial charge on any atom is -0.427 e. The Morgan fingerprint density at radius 2 is 1.92 bits per heavy atom. The molecule has 2 aliphatic rings. The molecule has 0 spiro atoms. The second-order valence-corrected chi connectivity index (χ2v) is 9.65. The average Bonchev–Trinajstić information content (AvgIpc) is 3.26. The molecule has 2 aromatic heterocycles. The van der Waals surface area contributed by atoms with Crippen LogP contribution < -0.4 is 5.63 Å². The highest BCUT2D eigenvalue weighted by atomic mass is 19.4. The number of ether oxygens (including phenoxy) is 1. The highest BCUT2D eigenvalue weighted by Gasteiger charge is 2.37. The first-order valence-corrected chi connectivity index (χ1v) is 12.4. The third kappa shape index (κ3) is 5.49. The molecule has 1 aliphatic heterocycles. The zero-order valence-corrected chi connectivity index (χ0v) is 19.8. The largest absolute Gasteiger partial charge is 0.427 e. The number of aromatic nitrogens is 1. The molecule has 3 aromatic rings. The Balaban J connectivity index is 1.03. The molecule has 6 nitrogen and oxygen atoms in total. The lowest BCUT2D eigenvalue weighted by Crippen LogP contribution is -2.34. The second kappa shape index (κ2) is 10.3. The molecule has 194 valence electrons. The number of hydrogen-bond donors (Lipinski definition) is 0. The van der Waals surface area contributed by atoms with Crippen molar-refractivity contribution in [2.24, 2.45) is 0 Å². The van der Waals surface area contributed by atoms with Crippen molar-refractivity contribution in [3.05, 3.63) is 63.1 Å². The lowest BCUT2D eigenvalue weighted by atomic mass is 9.91. The highest BCUT2D eigenvalue weighted by Crippen LogP contribution is 2.36. The number of nitrogens with zero attached hydrogens (tertiary/aromatic N) is 2. The summed E-state index contributed by atoms with van der Waals surface area (Å²) in [7, 11) is 0. The molecule has 0 bridgehead atoms. The number of piperidine rings is 1. The van der Waals surface area contributed by atoms with Crippen molar-refractivity contribution in [3.8, 4) is 0 Å². The van der Waals surface area contributed by atoms with Crippen LogP contribution in [0.3, 0.4) is 0 Å². The van der Waals surface area contributed by atoms with Gasteiger partial charge in [0.2, 0.25) is 0 Å². The predicted octanol–water partition coefficient (Wildman–Crippen LogP) is 5.47. The summed E-state index contributed by atoms with van der Waals surface area (Å²) in [5.41, 5.74) is -0.393. The molecule has 0 amide bonds. The van der Waals surface area contributed by atoms with Crippen molar-refractivity contribution in [3.63, 3.8) is 0 Å². The van der Waals surface area contributed by atoms with E-state index in [4.69, 9.17) is 13.7 Å². The van der Waals surface area contributed by atoms with Gasteiger partial charge in [-0.15, -0.1) is 0 Å². The third-order valence-corrected chi connectivity index (χ3v) is 7.24. The first-order chi connectivity index (χ1) is 17.3. The molecular weight excluding hydrogens is 480 g/mol. The van der Waals surface area contributed by atoms with Crippen LogP contribution in [0.25, 0.3) is 11.0 Å². The van der Waals surface area contributed by atoms with Crippen LogP contribution >= 0.6 is 0 Å². The number of fused-ring (bicyclic) bond motifs is 2. The molecule has 5 rings (SSSR count). The standard InChI is InChI=1S/C26H28F4N2O4/c27-17-3-5-20-23(13-17)36-31-25(20)16-7-10-32(11-8-16)9-1-2-12-34-18-4-6-19-21(26(28,29)30)15-24(33)35-22(19)14-18/h3,5,13,15-16,18H,1-2,4,6-12,14H2/t18-/m1/s1. The Bertz CT molecular complexity index is 1260. The maximum Gasteiger partial charge on any atom is 0.417 e. The van der Waals surface area contributed by atoms with E-state index in [-0.39, 0.29) is 36.1 Å². The van der Waals surface area contributed by atoms with Gasteiger partial charge in [0.15, 0.2) is 5.58 Å². The maximum atomic E-state index is 13.4. The first kappa shape index (κ1) is 25.0. The minimum atomic E-state index is -4.57. The molecule has 0 saturated carbocycles. The molecule has 36 heavy (non-hydrogen) atoms. The number of hydrogen-bond acceptors (Lipinski definition) is 6. The van der Waals surface area contributed by atoms with Gasteiger partial charge in [0.25, 0.3) is 0 Å². The zero-order chi connectivity index (χ0) is 25.3. The van der Waals surface area contributed by atoms with Crippen LogP contribution in [0.5, 0.6) is 0 Å². The number of rotatable bonds is 7. The molecule has 3 heterocycles. The van der Waals surface area contributed by atoms with Crippen LogP contribution in [0.4, 0.5) is 17.6 Å². The van der Waals surface area contributed by atoms with Crippen molar-refractivity contribution in [1.29, 1.82) is 0 Å². The molecule has 10 heteroatoms. The van der Waals surface area contributed by atoms with E-state index in [1.807, 2.05) is 0 Å². The number of benzene rings is 1. The molecule has 0 N–H and O–H groups in total. The molecule has 0 radical (unpaired) electrons. The summed E-state index contributed by atoms with van der Waals surface area (Å²) >= 11 is 0. The van der Waals surface area contributed by atoms with E-state index in [2.05, 4.69) is 10.1 Å². The van der Waals surface area contributed by atoms with Gasteiger partial charge in [0.1, 0.15) is 11.6 Å². The normalized spacial score (nSPS) is 19.6. The Morgan fingerprint density at radius 1 is 1.11 bits per heavy atom. The van der Waals surface area contributed by atoms with E-state index in [0.29, 0.717) is 30.6 Å². The van der Waals surface area contributed by atoms with E-state index >= 15 is 0 Å². The Morgan fingerprint density at radius 3 is 2.69 bits per heavy atom. The van der Waals surface area contributed by atoms with Gasteiger partial charge in [0, 0.05) is 42.0 Å². The van der Waals surface area contributed by atoms with Crippen LogP contribution in [0.15, 0.2) is 38.0 Å². The van der Waals surface area contributed by atoms with Crippen LogP contribution in [0.1, 0.15) is 60.6 Å². The van der Waals surface area contributed by atoms with Crippen LogP contribution in [0.2, 0.25) is 0 Å². The molecule has 1 fully saturated rings. The van der Waals surface area contributed by atoms with Gasteiger partial charge < -0.3 is 18.6 Å². The van der Waals surface area contributed by atoms with Gasteiger partial charge >= 0.3 is 11.8 Å². The second-order valence-electron chi connectivity index (χ2n) is 9.65. The summed E-state index contributed by atoms with van der Waals surface area (Å²) in [6.45, 7) is 3.35. The van der Waals surface area contributed by atoms with Crippen molar-refractivity contribution < 1.29 is 31.2 Å². The number of likely N-dealkylation sites (tertiary alicyclic amines) is 1. The van der Waals surface area contributed by atoms with Crippen molar-refractivity contribution in [1.82, 2.24) is 10.1 Å². The van der Waals surface area contributed by atoms with Gasteiger partial charge in [-0.3, -0.25) is 0 Å². The minimum absolute atomic E-state index is 0.0798. The van der Waals surface area contributed by atoms with Gasteiger partial charge in [-0.05, 0) is 70.3 Å². The average molecular weight is 509 g/mol.